The van der Waals surface area contributed by atoms with Gasteiger partial charge in [-0.1, -0.05) is 27.7 Å². The fraction of sp³-hybridized carbons (Fsp3) is 0.667. The molecule has 7 heteroatoms. The largest absolute Gasteiger partial charge is 0.353 e. The van der Waals surface area contributed by atoms with Crippen molar-refractivity contribution >= 4 is 16.7 Å². The third-order valence-corrected chi connectivity index (χ3v) is 3.56. The van der Waals surface area contributed by atoms with Crippen LogP contribution < -0.4 is 5.32 Å². The van der Waals surface area contributed by atoms with E-state index in [4.69, 9.17) is 0 Å². The molecule has 19 heavy (non-hydrogen) atoms. The van der Waals surface area contributed by atoms with Gasteiger partial charge in [-0.05, 0) is 0 Å². The zero-order valence-corrected chi connectivity index (χ0v) is 12.8. The van der Waals surface area contributed by atoms with E-state index >= 15 is 0 Å². The Hall–Kier alpha value is -1.50. The molecule has 0 amide bonds. The molecular formula is C12H20N6S. The van der Waals surface area contributed by atoms with Crippen molar-refractivity contribution in [2.45, 2.75) is 46.1 Å². The van der Waals surface area contributed by atoms with E-state index in [2.05, 4.69) is 52.6 Å². The maximum absolute atomic E-state index is 4.44. The molecule has 0 saturated heterocycles. The number of nitrogens with zero attached hydrogens (tertiary/aromatic N) is 5. The van der Waals surface area contributed by atoms with Gasteiger partial charge in [0.15, 0.2) is 5.82 Å². The fourth-order valence-electron chi connectivity index (χ4n) is 1.73. The van der Waals surface area contributed by atoms with E-state index in [1.54, 1.807) is 0 Å². The van der Waals surface area contributed by atoms with Crippen molar-refractivity contribution in [2.24, 2.45) is 7.05 Å². The van der Waals surface area contributed by atoms with Crippen molar-refractivity contribution in [3.63, 3.8) is 0 Å². The summed E-state index contributed by atoms with van der Waals surface area (Å²) < 4.78 is 6.34. The second-order valence-corrected chi connectivity index (χ2v) is 5.91. The SMILES string of the molecule is CC(C)c1nsc(NCc2nnc(C(C)C)n2C)n1. The summed E-state index contributed by atoms with van der Waals surface area (Å²) in [4.78, 5) is 4.44. The van der Waals surface area contributed by atoms with Crippen LogP contribution in [-0.4, -0.2) is 24.1 Å². The number of hydrogen-bond acceptors (Lipinski definition) is 6. The molecule has 0 saturated carbocycles. The Morgan fingerprint density at radius 1 is 1.16 bits per heavy atom. The Morgan fingerprint density at radius 2 is 1.89 bits per heavy atom. The van der Waals surface area contributed by atoms with Crippen LogP contribution in [0.25, 0.3) is 0 Å². The summed E-state index contributed by atoms with van der Waals surface area (Å²) in [6.45, 7) is 9.01. The molecule has 104 valence electrons. The third kappa shape index (κ3) is 3.09. The van der Waals surface area contributed by atoms with Crippen LogP contribution >= 0.6 is 11.5 Å². The summed E-state index contributed by atoms with van der Waals surface area (Å²) in [6, 6.07) is 0. The van der Waals surface area contributed by atoms with Crippen molar-refractivity contribution in [2.75, 3.05) is 5.32 Å². The van der Waals surface area contributed by atoms with Gasteiger partial charge in [-0.25, -0.2) is 4.98 Å². The van der Waals surface area contributed by atoms with Gasteiger partial charge in [0, 0.05) is 30.4 Å². The average Bonchev–Trinajstić information content (AvgIpc) is 2.93. The van der Waals surface area contributed by atoms with Crippen LogP contribution in [0, 0.1) is 0 Å². The number of anilines is 1. The molecule has 0 aliphatic heterocycles. The van der Waals surface area contributed by atoms with E-state index in [9.17, 15) is 0 Å². The van der Waals surface area contributed by atoms with Crippen LogP contribution in [0.3, 0.4) is 0 Å². The van der Waals surface area contributed by atoms with E-state index in [0.717, 1.165) is 22.6 Å². The average molecular weight is 280 g/mol. The highest BCUT2D eigenvalue weighted by Gasteiger charge is 2.12. The lowest BCUT2D eigenvalue weighted by Crippen LogP contribution is -2.08. The smallest absolute Gasteiger partial charge is 0.202 e. The maximum atomic E-state index is 4.44. The highest BCUT2D eigenvalue weighted by atomic mass is 32.1. The number of nitrogens with one attached hydrogen (secondary N) is 1. The van der Waals surface area contributed by atoms with Gasteiger partial charge >= 0.3 is 0 Å². The summed E-state index contributed by atoms with van der Waals surface area (Å²) in [5.74, 6) is 3.52. The zero-order valence-electron chi connectivity index (χ0n) is 12.0. The number of rotatable bonds is 5. The van der Waals surface area contributed by atoms with E-state index in [-0.39, 0.29) is 0 Å². The molecule has 2 aromatic rings. The summed E-state index contributed by atoms with van der Waals surface area (Å²) in [5, 5.41) is 12.5. The fourth-order valence-corrected chi connectivity index (χ4v) is 2.43. The molecular weight excluding hydrogens is 260 g/mol. The summed E-state index contributed by atoms with van der Waals surface area (Å²) in [7, 11) is 1.99. The molecule has 0 aromatic carbocycles. The van der Waals surface area contributed by atoms with E-state index in [1.165, 1.54) is 11.5 Å². The van der Waals surface area contributed by atoms with Crippen molar-refractivity contribution < 1.29 is 0 Å². The lowest BCUT2D eigenvalue weighted by Gasteiger charge is -2.06. The minimum Gasteiger partial charge on any atom is -0.353 e. The first-order chi connectivity index (χ1) is 8.99. The van der Waals surface area contributed by atoms with Crippen LogP contribution in [-0.2, 0) is 13.6 Å². The van der Waals surface area contributed by atoms with Crippen molar-refractivity contribution in [1.29, 1.82) is 0 Å². The topological polar surface area (TPSA) is 68.5 Å². The standard InChI is InChI=1S/C12H20N6S/c1-7(2)10-14-12(19-17-10)13-6-9-15-16-11(8(3)4)18(9)5/h7-8H,6H2,1-5H3,(H,13,14,17). The van der Waals surface area contributed by atoms with Crippen LogP contribution in [0.5, 0.6) is 0 Å². The molecule has 2 aromatic heterocycles. The zero-order chi connectivity index (χ0) is 14.0. The lowest BCUT2D eigenvalue weighted by atomic mass is 10.2. The molecule has 0 spiro atoms. The van der Waals surface area contributed by atoms with Crippen molar-refractivity contribution in [3.8, 4) is 0 Å². The van der Waals surface area contributed by atoms with Gasteiger partial charge < -0.3 is 9.88 Å². The molecule has 1 N–H and O–H groups in total. The van der Waals surface area contributed by atoms with E-state index in [1.807, 2.05) is 11.6 Å². The molecule has 2 rings (SSSR count). The second kappa shape index (κ2) is 5.64. The van der Waals surface area contributed by atoms with Gasteiger partial charge in [0.1, 0.15) is 11.6 Å². The Labute approximate surface area is 117 Å². The molecule has 0 atom stereocenters. The Morgan fingerprint density at radius 3 is 2.42 bits per heavy atom. The molecule has 0 aliphatic rings. The summed E-state index contributed by atoms with van der Waals surface area (Å²) in [6.07, 6.45) is 0. The number of aromatic nitrogens is 5. The predicted octanol–water partition coefficient (Wildman–Crippen LogP) is 2.53. The third-order valence-electron chi connectivity index (χ3n) is 2.87. The van der Waals surface area contributed by atoms with Gasteiger partial charge in [0.25, 0.3) is 0 Å². The van der Waals surface area contributed by atoms with Crippen LogP contribution in [0.1, 0.15) is 57.0 Å². The predicted molar refractivity (Wildman–Crippen MR) is 76.4 cm³/mol. The highest BCUT2D eigenvalue weighted by molar-refractivity contribution is 7.09. The molecule has 6 nitrogen and oxygen atoms in total. The summed E-state index contributed by atoms with van der Waals surface area (Å²) >= 11 is 1.39. The minimum atomic E-state index is 0.356. The van der Waals surface area contributed by atoms with Crippen molar-refractivity contribution in [1.82, 2.24) is 24.1 Å². The first-order valence-electron chi connectivity index (χ1n) is 6.44. The van der Waals surface area contributed by atoms with Crippen LogP contribution in [0.15, 0.2) is 0 Å². The molecule has 0 fully saturated rings. The van der Waals surface area contributed by atoms with Gasteiger partial charge in [-0.15, -0.1) is 10.2 Å². The Balaban J connectivity index is 2.02. The monoisotopic (exact) mass is 280 g/mol. The minimum absolute atomic E-state index is 0.356. The first kappa shape index (κ1) is 13.9. The molecule has 0 unspecified atom stereocenters. The first-order valence-corrected chi connectivity index (χ1v) is 7.22. The quantitative estimate of drug-likeness (QED) is 0.911. The lowest BCUT2D eigenvalue weighted by molar-refractivity contribution is 0.692. The van der Waals surface area contributed by atoms with Crippen LogP contribution in [0.2, 0.25) is 0 Å². The molecule has 0 bridgehead atoms. The van der Waals surface area contributed by atoms with Gasteiger partial charge in [-0.2, -0.15) is 4.37 Å². The van der Waals surface area contributed by atoms with E-state index < -0.39 is 0 Å². The van der Waals surface area contributed by atoms with Gasteiger partial charge in [0.05, 0.1) is 6.54 Å². The van der Waals surface area contributed by atoms with Gasteiger partial charge in [0.2, 0.25) is 5.13 Å². The Kier molecular flexibility index (Phi) is 4.14. The highest BCUT2D eigenvalue weighted by Crippen LogP contribution is 2.18. The molecule has 2 heterocycles. The summed E-state index contributed by atoms with van der Waals surface area (Å²) in [5.41, 5.74) is 0. The normalized spacial score (nSPS) is 11.5. The Bertz CT molecular complexity index is 542. The van der Waals surface area contributed by atoms with E-state index in [0.29, 0.717) is 18.4 Å². The maximum Gasteiger partial charge on any atom is 0.202 e. The second-order valence-electron chi connectivity index (χ2n) is 5.15. The van der Waals surface area contributed by atoms with Crippen LogP contribution in [0.4, 0.5) is 5.13 Å². The molecule has 0 radical (unpaired) electrons. The number of hydrogen-bond donors (Lipinski definition) is 1. The van der Waals surface area contributed by atoms with Crippen molar-refractivity contribution in [3.05, 3.63) is 17.5 Å². The molecule has 0 aliphatic carbocycles. The van der Waals surface area contributed by atoms with Gasteiger partial charge in [-0.3, -0.25) is 0 Å².